The maximum Gasteiger partial charge on any atom is 0.414 e. The lowest BCUT2D eigenvalue weighted by Crippen LogP contribution is -2.32. The molecule has 3 aromatic rings. The summed E-state index contributed by atoms with van der Waals surface area (Å²) < 4.78 is 5.08. The van der Waals surface area contributed by atoms with Crippen molar-refractivity contribution in [1.82, 2.24) is 5.32 Å². The van der Waals surface area contributed by atoms with E-state index in [4.69, 9.17) is 4.74 Å². The first-order valence-corrected chi connectivity index (χ1v) is 10.8. The van der Waals surface area contributed by atoms with Crippen molar-refractivity contribution in [3.8, 4) is 0 Å². The van der Waals surface area contributed by atoms with Crippen LogP contribution in [0, 0.1) is 0 Å². The van der Waals surface area contributed by atoms with Crippen molar-refractivity contribution in [1.29, 1.82) is 0 Å². The quantitative estimate of drug-likeness (QED) is 0.436. The van der Waals surface area contributed by atoms with Crippen LogP contribution in [0.15, 0.2) is 84.9 Å². The molecule has 4 nitrogen and oxygen atoms in total. The Morgan fingerprint density at radius 1 is 0.613 bits per heavy atom. The Labute approximate surface area is 184 Å². The fourth-order valence-corrected chi connectivity index (χ4v) is 3.41. The van der Waals surface area contributed by atoms with E-state index in [0.29, 0.717) is 0 Å². The summed E-state index contributed by atoms with van der Waals surface area (Å²) in [6.45, 7) is 0.139. The fraction of sp³-hybridized carbons (Fsp3) is 0.259. The number of rotatable bonds is 10. The second-order valence-electron chi connectivity index (χ2n) is 7.65. The summed E-state index contributed by atoms with van der Waals surface area (Å²) in [6.07, 6.45) is 5.14. The molecule has 0 radical (unpaired) electrons. The molecular weight excluding hydrogens is 386 g/mol. The molecule has 0 saturated carbocycles. The molecule has 0 bridgehead atoms. The number of alkyl carbamates (subject to hydrolysis) is 1. The minimum atomic E-state index is -0.721. The third-order valence-corrected chi connectivity index (χ3v) is 5.12. The van der Waals surface area contributed by atoms with Gasteiger partial charge in [-0.1, -0.05) is 91.3 Å². The van der Waals surface area contributed by atoms with E-state index in [0.717, 1.165) is 30.4 Å². The number of carbonyl (C=O) groups excluding carboxylic acids is 2. The number of aryl methyl sites for hydroxylation is 2. The lowest BCUT2D eigenvalue weighted by Gasteiger charge is -2.07. The number of hydrogen-bond donors (Lipinski definition) is 1. The highest BCUT2D eigenvalue weighted by Gasteiger charge is 2.10. The monoisotopic (exact) mass is 415 g/mol. The van der Waals surface area contributed by atoms with Crippen molar-refractivity contribution in [2.75, 3.05) is 0 Å². The van der Waals surface area contributed by atoms with E-state index in [-0.39, 0.29) is 18.9 Å². The molecule has 2 amide bonds. The fourth-order valence-electron chi connectivity index (χ4n) is 3.41. The molecule has 4 heteroatoms. The number of imide groups is 1. The SMILES string of the molecule is O=C(Cc1ccc(CCCCCc2ccccc2)cc1)NC(=O)OCc1ccccc1. The number of carbonyl (C=O) groups is 2. The smallest absolute Gasteiger partial charge is 0.414 e. The minimum absolute atomic E-state index is 0.139. The summed E-state index contributed by atoms with van der Waals surface area (Å²) in [6, 6.07) is 28.0. The Bertz CT molecular complexity index is 937. The van der Waals surface area contributed by atoms with Crippen LogP contribution in [0.2, 0.25) is 0 Å². The molecule has 0 unspecified atom stereocenters. The summed E-state index contributed by atoms with van der Waals surface area (Å²) >= 11 is 0. The van der Waals surface area contributed by atoms with Gasteiger partial charge in [0.05, 0.1) is 6.42 Å². The topological polar surface area (TPSA) is 55.4 Å². The van der Waals surface area contributed by atoms with Crippen molar-refractivity contribution >= 4 is 12.0 Å². The van der Waals surface area contributed by atoms with E-state index in [2.05, 4.69) is 47.8 Å². The van der Waals surface area contributed by atoms with Crippen molar-refractivity contribution in [2.45, 2.75) is 45.1 Å². The van der Waals surface area contributed by atoms with Crippen LogP contribution < -0.4 is 5.32 Å². The number of nitrogens with one attached hydrogen (secondary N) is 1. The van der Waals surface area contributed by atoms with E-state index in [1.807, 2.05) is 42.5 Å². The number of hydrogen-bond acceptors (Lipinski definition) is 3. The maximum atomic E-state index is 12.1. The van der Waals surface area contributed by atoms with Gasteiger partial charge < -0.3 is 4.74 Å². The molecule has 3 rings (SSSR count). The average molecular weight is 416 g/mol. The molecule has 0 aliphatic rings. The molecular formula is C27H29NO3. The average Bonchev–Trinajstić information content (AvgIpc) is 2.80. The van der Waals surface area contributed by atoms with E-state index in [1.165, 1.54) is 24.0 Å². The number of benzene rings is 3. The van der Waals surface area contributed by atoms with Crippen molar-refractivity contribution in [3.05, 3.63) is 107 Å². The van der Waals surface area contributed by atoms with Crippen molar-refractivity contribution < 1.29 is 14.3 Å². The minimum Gasteiger partial charge on any atom is -0.444 e. The van der Waals surface area contributed by atoms with Crippen molar-refractivity contribution in [2.24, 2.45) is 0 Å². The van der Waals surface area contributed by atoms with Gasteiger partial charge in [-0.15, -0.1) is 0 Å². The predicted octanol–water partition coefficient (Wildman–Crippen LogP) is 5.64. The van der Waals surface area contributed by atoms with Gasteiger partial charge in [0.2, 0.25) is 5.91 Å². The van der Waals surface area contributed by atoms with Gasteiger partial charge in [-0.2, -0.15) is 0 Å². The predicted molar refractivity (Wildman–Crippen MR) is 123 cm³/mol. The van der Waals surface area contributed by atoms with E-state index in [1.54, 1.807) is 0 Å². The Morgan fingerprint density at radius 3 is 1.74 bits per heavy atom. The Balaban J connectivity index is 1.31. The summed E-state index contributed by atoms with van der Waals surface area (Å²) in [5.41, 5.74) is 4.42. The van der Waals surface area contributed by atoms with Crippen LogP contribution in [-0.4, -0.2) is 12.0 Å². The van der Waals surface area contributed by atoms with Crippen LogP contribution in [-0.2, 0) is 35.4 Å². The van der Waals surface area contributed by atoms with Gasteiger partial charge in [-0.05, 0) is 47.9 Å². The molecule has 0 atom stereocenters. The third kappa shape index (κ3) is 8.47. The molecule has 1 N–H and O–H groups in total. The van der Waals surface area contributed by atoms with E-state index in [9.17, 15) is 9.59 Å². The zero-order valence-corrected chi connectivity index (χ0v) is 17.8. The van der Waals surface area contributed by atoms with Gasteiger partial charge in [-0.25, -0.2) is 4.79 Å². The van der Waals surface area contributed by atoms with Crippen LogP contribution >= 0.6 is 0 Å². The first kappa shape index (κ1) is 22.3. The highest BCUT2D eigenvalue weighted by Crippen LogP contribution is 2.12. The first-order chi connectivity index (χ1) is 15.2. The van der Waals surface area contributed by atoms with Gasteiger partial charge >= 0.3 is 6.09 Å². The Hall–Kier alpha value is -3.40. The van der Waals surface area contributed by atoms with Crippen LogP contribution in [0.1, 0.15) is 41.5 Å². The molecule has 0 aromatic heterocycles. The van der Waals surface area contributed by atoms with Crippen LogP contribution in [0.25, 0.3) is 0 Å². The maximum absolute atomic E-state index is 12.1. The summed E-state index contributed by atoms with van der Waals surface area (Å²) in [4.78, 5) is 23.8. The Kier molecular flexibility index (Phi) is 8.87. The molecule has 0 saturated heterocycles. The van der Waals surface area contributed by atoms with Gasteiger partial charge in [0.1, 0.15) is 6.61 Å². The zero-order chi connectivity index (χ0) is 21.7. The standard InChI is InChI=1S/C27H29NO3/c29-26(28-27(30)31-21-25-14-8-3-9-15-25)20-24-18-16-23(17-19-24)13-7-2-6-12-22-10-4-1-5-11-22/h1,3-5,8-11,14-19H,2,6-7,12-13,20-21H2,(H,28,29,30). The first-order valence-electron chi connectivity index (χ1n) is 10.8. The highest BCUT2D eigenvalue weighted by molar-refractivity contribution is 5.92. The van der Waals surface area contributed by atoms with Crippen molar-refractivity contribution in [3.63, 3.8) is 0 Å². The van der Waals surface area contributed by atoms with Crippen LogP contribution in [0.5, 0.6) is 0 Å². The third-order valence-electron chi connectivity index (χ3n) is 5.12. The lowest BCUT2D eigenvalue weighted by atomic mass is 10.0. The molecule has 0 heterocycles. The summed E-state index contributed by atoms with van der Waals surface area (Å²) in [5.74, 6) is -0.369. The lowest BCUT2D eigenvalue weighted by molar-refractivity contribution is -0.119. The molecule has 0 spiro atoms. The van der Waals surface area contributed by atoms with Crippen LogP contribution in [0.4, 0.5) is 4.79 Å². The largest absolute Gasteiger partial charge is 0.444 e. The summed E-state index contributed by atoms with van der Waals surface area (Å²) in [5, 5.41) is 2.27. The normalized spacial score (nSPS) is 10.5. The van der Waals surface area contributed by atoms with Gasteiger partial charge in [0.25, 0.3) is 0 Å². The molecule has 31 heavy (non-hydrogen) atoms. The zero-order valence-electron chi connectivity index (χ0n) is 17.8. The number of unbranched alkanes of at least 4 members (excludes halogenated alkanes) is 2. The number of ether oxygens (including phenoxy) is 1. The van der Waals surface area contributed by atoms with E-state index < -0.39 is 6.09 Å². The molecule has 3 aromatic carbocycles. The van der Waals surface area contributed by atoms with Gasteiger partial charge in [-0.3, -0.25) is 10.1 Å². The highest BCUT2D eigenvalue weighted by atomic mass is 16.5. The van der Waals surface area contributed by atoms with Crippen LogP contribution in [0.3, 0.4) is 0 Å². The molecule has 160 valence electrons. The molecule has 0 aliphatic heterocycles. The van der Waals surface area contributed by atoms with E-state index >= 15 is 0 Å². The molecule has 0 aliphatic carbocycles. The Morgan fingerprint density at radius 2 is 1.13 bits per heavy atom. The van der Waals surface area contributed by atoms with Gasteiger partial charge in [0, 0.05) is 0 Å². The second kappa shape index (κ2) is 12.3. The van der Waals surface area contributed by atoms with Gasteiger partial charge in [0.15, 0.2) is 0 Å². The molecule has 0 fully saturated rings. The summed E-state index contributed by atoms with van der Waals surface area (Å²) in [7, 11) is 0. The second-order valence-corrected chi connectivity index (χ2v) is 7.65. The number of amides is 2.